The molecular weight excluding hydrogens is 174 g/mol. The van der Waals surface area contributed by atoms with Crippen molar-refractivity contribution in [1.29, 1.82) is 0 Å². The van der Waals surface area contributed by atoms with Crippen LogP contribution in [0.4, 0.5) is 0 Å². The smallest absolute Gasteiger partial charge is 0.0618 e. The first kappa shape index (κ1) is 10.2. The van der Waals surface area contributed by atoms with Gasteiger partial charge in [0, 0.05) is 19.2 Å². The van der Waals surface area contributed by atoms with Crippen LogP contribution in [0.25, 0.3) is 0 Å². The van der Waals surface area contributed by atoms with Gasteiger partial charge in [0.15, 0.2) is 0 Å². The first-order valence-electron chi connectivity index (χ1n) is 5.80. The van der Waals surface area contributed by atoms with Gasteiger partial charge in [-0.25, -0.2) is 0 Å². The lowest BCUT2D eigenvalue weighted by molar-refractivity contribution is 0.150. The lowest BCUT2D eigenvalue weighted by atomic mass is 10.0. The third-order valence-electron chi connectivity index (χ3n) is 3.26. The van der Waals surface area contributed by atoms with Crippen LogP contribution >= 0.6 is 0 Å². The molecule has 0 saturated heterocycles. The molecule has 80 valence electrons. The summed E-state index contributed by atoms with van der Waals surface area (Å²) in [6.07, 6.45) is 11.1. The van der Waals surface area contributed by atoms with Crippen LogP contribution in [0, 0.1) is 5.92 Å². The van der Waals surface area contributed by atoms with E-state index in [1.165, 1.54) is 32.1 Å². The van der Waals surface area contributed by atoms with Gasteiger partial charge < -0.3 is 10.1 Å². The topological polar surface area (TPSA) is 21.3 Å². The Bertz CT molecular complexity index is 198. The molecule has 2 aliphatic carbocycles. The number of hydrogen-bond acceptors (Lipinski definition) is 2. The summed E-state index contributed by atoms with van der Waals surface area (Å²) >= 11 is 0. The third kappa shape index (κ3) is 2.82. The highest BCUT2D eigenvalue weighted by molar-refractivity contribution is 4.96. The van der Waals surface area contributed by atoms with E-state index in [1.54, 1.807) is 7.11 Å². The minimum atomic E-state index is 0.608. The van der Waals surface area contributed by atoms with Crippen LogP contribution in [0.5, 0.6) is 0 Å². The summed E-state index contributed by atoms with van der Waals surface area (Å²) < 4.78 is 5.27. The highest BCUT2D eigenvalue weighted by Crippen LogP contribution is 2.33. The zero-order valence-electron chi connectivity index (χ0n) is 9.04. The summed E-state index contributed by atoms with van der Waals surface area (Å²) in [5.74, 6) is 0.890. The molecule has 0 aliphatic heterocycles. The molecule has 0 heterocycles. The van der Waals surface area contributed by atoms with Crippen molar-refractivity contribution in [2.75, 3.05) is 13.7 Å². The van der Waals surface area contributed by atoms with Crippen LogP contribution in [0.3, 0.4) is 0 Å². The molecule has 2 heteroatoms. The van der Waals surface area contributed by atoms with Crippen LogP contribution in [-0.2, 0) is 4.74 Å². The van der Waals surface area contributed by atoms with Crippen molar-refractivity contribution in [3.8, 4) is 0 Å². The number of nitrogens with one attached hydrogen (secondary N) is 1. The van der Waals surface area contributed by atoms with Crippen LogP contribution in [0.1, 0.15) is 32.1 Å². The highest BCUT2D eigenvalue weighted by Gasteiger charge is 2.32. The number of ether oxygens (including phenoxy) is 1. The van der Waals surface area contributed by atoms with Crippen molar-refractivity contribution in [1.82, 2.24) is 5.32 Å². The summed E-state index contributed by atoms with van der Waals surface area (Å²) in [6, 6.07) is 1.30. The van der Waals surface area contributed by atoms with E-state index in [9.17, 15) is 0 Å². The summed E-state index contributed by atoms with van der Waals surface area (Å²) in [6.45, 7) is 0.880. The van der Waals surface area contributed by atoms with Crippen molar-refractivity contribution < 1.29 is 4.74 Å². The normalized spacial score (nSPS) is 29.1. The lowest BCUT2D eigenvalue weighted by Crippen LogP contribution is -2.42. The Hall–Kier alpha value is -0.340. The predicted molar refractivity (Wildman–Crippen MR) is 58.3 cm³/mol. The third-order valence-corrected chi connectivity index (χ3v) is 3.26. The van der Waals surface area contributed by atoms with E-state index in [0.717, 1.165) is 12.5 Å². The van der Waals surface area contributed by atoms with Crippen LogP contribution in [-0.4, -0.2) is 25.8 Å². The molecule has 1 fully saturated rings. The zero-order valence-corrected chi connectivity index (χ0v) is 9.04. The van der Waals surface area contributed by atoms with Gasteiger partial charge in [0.25, 0.3) is 0 Å². The van der Waals surface area contributed by atoms with Gasteiger partial charge in [0.2, 0.25) is 0 Å². The molecule has 0 spiro atoms. The van der Waals surface area contributed by atoms with Crippen molar-refractivity contribution in [3.05, 3.63) is 12.2 Å². The van der Waals surface area contributed by atoms with Gasteiger partial charge in [0.05, 0.1) is 6.61 Å². The molecule has 0 aromatic rings. The van der Waals surface area contributed by atoms with E-state index in [4.69, 9.17) is 4.74 Å². The Labute approximate surface area is 86.7 Å². The van der Waals surface area contributed by atoms with Gasteiger partial charge in [-0.15, -0.1) is 0 Å². The Morgan fingerprint density at radius 3 is 2.79 bits per heavy atom. The monoisotopic (exact) mass is 195 g/mol. The molecule has 0 aromatic carbocycles. The van der Waals surface area contributed by atoms with E-state index < -0.39 is 0 Å². The van der Waals surface area contributed by atoms with Gasteiger partial charge in [0.1, 0.15) is 0 Å². The summed E-state index contributed by atoms with van der Waals surface area (Å²) in [5.41, 5.74) is 0. The average molecular weight is 195 g/mol. The number of hydrogen-bond donors (Lipinski definition) is 1. The standard InChI is InChI=1S/C12H21NO/c1-14-9-12(10-7-8-10)13-11-5-3-2-4-6-11/h2-3,10-13H,4-9H2,1H3. The number of methoxy groups -OCH3 is 1. The molecule has 1 N–H and O–H groups in total. The molecule has 0 aromatic heterocycles. The molecule has 2 aliphatic rings. The molecule has 14 heavy (non-hydrogen) atoms. The molecule has 2 atom stereocenters. The number of allylic oxidation sites excluding steroid dienone is 1. The first-order chi connectivity index (χ1) is 6.90. The second-order valence-corrected chi connectivity index (χ2v) is 4.55. The van der Waals surface area contributed by atoms with E-state index in [1.807, 2.05) is 0 Å². The molecule has 2 unspecified atom stereocenters. The number of rotatable bonds is 5. The SMILES string of the molecule is COCC(NC1CC=CCC1)C1CC1. The Morgan fingerprint density at radius 2 is 2.21 bits per heavy atom. The molecule has 0 radical (unpaired) electrons. The second kappa shape index (κ2) is 4.94. The van der Waals surface area contributed by atoms with Crippen LogP contribution < -0.4 is 5.32 Å². The Kier molecular flexibility index (Phi) is 3.60. The van der Waals surface area contributed by atoms with Gasteiger partial charge in [-0.3, -0.25) is 0 Å². The van der Waals surface area contributed by atoms with E-state index in [2.05, 4.69) is 17.5 Å². The molecule has 2 nitrogen and oxygen atoms in total. The summed E-state index contributed by atoms with van der Waals surface area (Å²) in [7, 11) is 1.80. The quantitative estimate of drug-likeness (QED) is 0.678. The Morgan fingerprint density at radius 1 is 1.36 bits per heavy atom. The lowest BCUT2D eigenvalue weighted by Gasteiger charge is -2.26. The van der Waals surface area contributed by atoms with Gasteiger partial charge in [-0.1, -0.05) is 12.2 Å². The van der Waals surface area contributed by atoms with Crippen LogP contribution in [0.15, 0.2) is 12.2 Å². The maximum absolute atomic E-state index is 5.27. The first-order valence-corrected chi connectivity index (χ1v) is 5.80. The summed E-state index contributed by atoms with van der Waals surface area (Å²) in [4.78, 5) is 0. The van der Waals surface area contributed by atoms with Crippen LogP contribution in [0.2, 0.25) is 0 Å². The van der Waals surface area contributed by atoms with Gasteiger partial charge >= 0.3 is 0 Å². The van der Waals surface area contributed by atoms with Gasteiger partial charge in [-0.2, -0.15) is 0 Å². The minimum absolute atomic E-state index is 0.608. The molecule has 0 bridgehead atoms. The van der Waals surface area contributed by atoms with E-state index >= 15 is 0 Å². The van der Waals surface area contributed by atoms with Crippen molar-refractivity contribution >= 4 is 0 Å². The maximum Gasteiger partial charge on any atom is 0.0618 e. The van der Waals surface area contributed by atoms with E-state index in [0.29, 0.717) is 12.1 Å². The Balaban J connectivity index is 1.77. The van der Waals surface area contributed by atoms with Gasteiger partial charge in [-0.05, 0) is 38.0 Å². The summed E-state index contributed by atoms with van der Waals surface area (Å²) in [5, 5.41) is 3.74. The fourth-order valence-electron chi connectivity index (χ4n) is 2.25. The largest absolute Gasteiger partial charge is 0.383 e. The predicted octanol–water partition coefficient (Wildman–Crippen LogP) is 2.11. The maximum atomic E-state index is 5.27. The fraction of sp³-hybridized carbons (Fsp3) is 0.833. The minimum Gasteiger partial charge on any atom is -0.383 e. The molecule has 2 rings (SSSR count). The van der Waals surface area contributed by atoms with Crippen molar-refractivity contribution in [2.45, 2.75) is 44.2 Å². The van der Waals surface area contributed by atoms with E-state index in [-0.39, 0.29) is 0 Å². The molecule has 0 amide bonds. The van der Waals surface area contributed by atoms with Crippen molar-refractivity contribution in [3.63, 3.8) is 0 Å². The zero-order chi connectivity index (χ0) is 9.80. The second-order valence-electron chi connectivity index (χ2n) is 4.55. The fourth-order valence-corrected chi connectivity index (χ4v) is 2.25. The molecule has 1 saturated carbocycles. The average Bonchev–Trinajstić information content (AvgIpc) is 3.02. The highest BCUT2D eigenvalue weighted by atomic mass is 16.5. The van der Waals surface area contributed by atoms with Crippen molar-refractivity contribution in [2.24, 2.45) is 5.92 Å². The molecular formula is C12H21NO.